The fourth-order valence-electron chi connectivity index (χ4n) is 2.17. The minimum Gasteiger partial charge on any atom is -0.497 e. The Kier molecular flexibility index (Phi) is 6.26. The number of hydrogen-bond acceptors (Lipinski definition) is 5. The van der Waals surface area contributed by atoms with Crippen molar-refractivity contribution < 1.29 is 18.4 Å². The van der Waals surface area contributed by atoms with Crippen molar-refractivity contribution in [3.05, 3.63) is 52.9 Å². The van der Waals surface area contributed by atoms with Crippen molar-refractivity contribution in [3.8, 4) is 17.2 Å². The third-order valence-corrected chi connectivity index (χ3v) is 4.45. The van der Waals surface area contributed by atoms with E-state index in [2.05, 4.69) is 0 Å². The molecule has 1 atom stereocenters. The van der Waals surface area contributed by atoms with Crippen molar-refractivity contribution in [2.24, 2.45) is 0 Å². The predicted molar refractivity (Wildman–Crippen MR) is 97.8 cm³/mol. The van der Waals surface area contributed by atoms with Crippen LogP contribution in [0.5, 0.6) is 17.2 Å². The maximum absolute atomic E-state index is 12.3. The van der Waals surface area contributed by atoms with Gasteiger partial charge in [-0.15, -0.1) is 0 Å². The molecule has 0 saturated carbocycles. The maximum Gasteiger partial charge on any atom is 0.141 e. The van der Waals surface area contributed by atoms with E-state index in [1.54, 1.807) is 51.0 Å². The summed E-state index contributed by atoms with van der Waals surface area (Å²) in [6.07, 6.45) is 1.79. The number of anilines is 1. The van der Waals surface area contributed by atoms with E-state index >= 15 is 0 Å². The molecule has 0 amide bonds. The third kappa shape index (κ3) is 4.76. The van der Waals surface area contributed by atoms with Crippen molar-refractivity contribution in [1.29, 1.82) is 0 Å². The number of methoxy groups -OCH3 is 3. The zero-order chi connectivity index (χ0) is 17.5. The highest BCUT2D eigenvalue weighted by Gasteiger charge is 2.04. The molecule has 0 aromatic heterocycles. The summed E-state index contributed by atoms with van der Waals surface area (Å²) in [6, 6.07) is 10.9. The second-order valence-corrected chi connectivity index (χ2v) is 6.37. The van der Waals surface area contributed by atoms with Crippen LogP contribution in [0.2, 0.25) is 0 Å². The van der Waals surface area contributed by atoms with Crippen molar-refractivity contribution in [1.82, 2.24) is 0 Å². The van der Waals surface area contributed by atoms with Crippen LogP contribution >= 0.6 is 0 Å². The summed E-state index contributed by atoms with van der Waals surface area (Å²) < 4.78 is 27.8. The lowest BCUT2D eigenvalue weighted by atomic mass is 10.2. The predicted octanol–water partition coefficient (Wildman–Crippen LogP) is 3.21. The Morgan fingerprint density at radius 1 is 1.00 bits per heavy atom. The lowest BCUT2D eigenvalue weighted by molar-refractivity contribution is 0.394. The van der Waals surface area contributed by atoms with Crippen LogP contribution in [-0.2, 0) is 16.6 Å². The van der Waals surface area contributed by atoms with Crippen molar-refractivity contribution in [2.75, 3.05) is 27.1 Å². The van der Waals surface area contributed by atoms with E-state index in [1.165, 1.54) is 0 Å². The summed E-state index contributed by atoms with van der Waals surface area (Å²) in [6.45, 7) is 0. The fourth-order valence-corrected chi connectivity index (χ4v) is 3.08. The molecule has 0 saturated heterocycles. The van der Waals surface area contributed by atoms with Gasteiger partial charge in [-0.2, -0.15) is 0 Å². The molecule has 0 aliphatic rings. The SMILES string of the molecule is COc1cc(/C=C/S(=O)Cc2ccc(OC)c(N)c2)cc(OC)c1. The van der Waals surface area contributed by atoms with Gasteiger partial charge in [-0.25, -0.2) is 0 Å². The topological polar surface area (TPSA) is 70.8 Å². The molecular weight excluding hydrogens is 326 g/mol. The molecular formula is C18H21NO4S. The van der Waals surface area contributed by atoms with Gasteiger partial charge in [-0.3, -0.25) is 4.21 Å². The van der Waals surface area contributed by atoms with Gasteiger partial charge >= 0.3 is 0 Å². The molecule has 2 aromatic carbocycles. The molecule has 0 fully saturated rings. The first-order chi connectivity index (χ1) is 11.5. The van der Waals surface area contributed by atoms with Crippen LogP contribution in [-0.4, -0.2) is 25.5 Å². The molecule has 0 spiro atoms. The molecule has 2 rings (SSSR count). The number of benzene rings is 2. The van der Waals surface area contributed by atoms with E-state index < -0.39 is 10.8 Å². The molecule has 2 aromatic rings. The molecule has 128 valence electrons. The highest BCUT2D eigenvalue weighted by molar-refractivity contribution is 7.87. The minimum atomic E-state index is -1.16. The number of hydrogen-bond donors (Lipinski definition) is 1. The van der Waals surface area contributed by atoms with Crippen LogP contribution in [0.1, 0.15) is 11.1 Å². The molecule has 0 aliphatic carbocycles. The van der Waals surface area contributed by atoms with Crippen molar-refractivity contribution >= 4 is 22.6 Å². The Morgan fingerprint density at radius 2 is 1.67 bits per heavy atom. The summed E-state index contributed by atoms with van der Waals surface area (Å²) in [5.41, 5.74) is 8.15. The van der Waals surface area contributed by atoms with Gasteiger partial charge in [0.05, 0.1) is 43.6 Å². The van der Waals surface area contributed by atoms with Crippen LogP contribution in [0.15, 0.2) is 41.8 Å². The van der Waals surface area contributed by atoms with Gasteiger partial charge in [-0.05, 0) is 41.5 Å². The Morgan fingerprint density at radius 3 is 2.21 bits per heavy atom. The van der Waals surface area contributed by atoms with E-state index in [-0.39, 0.29) is 0 Å². The normalized spacial score (nSPS) is 12.1. The molecule has 24 heavy (non-hydrogen) atoms. The zero-order valence-corrected chi connectivity index (χ0v) is 14.8. The van der Waals surface area contributed by atoms with Gasteiger partial charge in [0.25, 0.3) is 0 Å². The van der Waals surface area contributed by atoms with E-state index in [1.807, 2.05) is 18.2 Å². The Balaban J connectivity index is 2.09. The van der Waals surface area contributed by atoms with Gasteiger partial charge in [0.1, 0.15) is 17.2 Å². The lowest BCUT2D eigenvalue weighted by Gasteiger charge is -2.07. The molecule has 6 heteroatoms. The van der Waals surface area contributed by atoms with Gasteiger partial charge in [-0.1, -0.05) is 6.07 Å². The first kappa shape index (κ1) is 17.9. The number of rotatable bonds is 7. The van der Waals surface area contributed by atoms with Crippen LogP contribution in [0.3, 0.4) is 0 Å². The zero-order valence-electron chi connectivity index (χ0n) is 13.9. The van der Waals surface area contributed by atoms with E-state index in [4.69, 9.17) is 19.9 Å². The lowest BCUT2D eigenvalue weighted by Crippen LogP contribution is -1.96. The summed E-state index contributed by atoms with van der Waals surface area (Å²) in [4.78, 5) is 0. The third-order valence-electron chi connectivity index (χ3n) is 3.39. The number of nitrogens with two attached hydrogens (primary N) is 1. The van der Waals surface area contributed by atoms with Gasteiger partial charge in [0, 0.05) is 11.5 Å². The molecule has 0 bridgehead atoms. The van der Waals surface area contributed by atoms with Gasteiger partial charge in [0.15, 0.2) is 0 Å². The second-order valence-electron chi connectivity index (χ2n) is 5.05. The minimum absolute atomic E-state index is 0.381. The Labute approximate surface area is 144 Å². The molecule has 2 N–H and O–H groups in total. The summed E-state index contributed by atoms with van der Waals surface area (Å²) in [5.74, 6) is 2.36. The highest BCUT2D eigenvalue weighted by atomic mass is 32.2. The molecule has 5 nitrogen and oxygen atoms in total. The maximum atomic E-state index is 12.3. The first-order valence-corrected chi connectivity index (χ1v) is 8.64. The summed E-state index contributed by atoms with van der Waals surface area (Å²) in [7, 11) is 3.58. The molecule has 0 aliphatic heterocycles. The van der Waals surface area contributed by atoms with Crippen LogP contribution < -0.4 is 19.9 Å². The van der Waals surface area contributed by atoms with Crippen LogP contribution in [0.4, 0.5) is 5.69 Å². The smallest absolute Gasteiger partial charge is 0.141 e. The largest absolute Gasteiger partial charge is 0.497 e. The van der Waals surface area contributed by atoms with Crippen LogP contribution in [0, 0.1) is 0 Å². The van der Waals surface area contributed by atoms with Crippen LogP contribution in [0.25, 0.3) is 6.08 Å². The average Bonchev–Trinajstić information content (AvgIpc) is 2.59. The monoisotopic (exact) mass is 347 g/mol. The molecule has 1 unspecified atom stereocenters. The van der Waals surface area contributed by atoms with Crippen molar-refractivity contribution in [2.45, 2.75) is 5.75 Å². The van der Waals surface area contributed by atoms with Gasteiger partial charge < -0.3 is 19.9 Å². The van der Waals surface area contributed by atoms with Gasteiger partial charge in [0.2, 0.25) is 0 Å². The fraction of sp³-hybridized carbons (Fsp3) is 0.222. The second kappa shape index (κ2) is 8.40. The van der Waals surface area contributed by atoms with Crippen molar-refractivity contribution in [3.63, 3.8) is 0 Å². The number of ether oxygens (including phenoxy) is 3. The van der Waals surface area contributed by atoms with E-state index in [0.29, 0.717) is 28.7 Å². The Bertz CT molecular complexity index is 736. The highest BCUT2D eigenvalue weighted by Crippen LogP contribution is 2.24. The quantitative estimate of drug-likeness (QED) is 0.779. The number of nitrogen functional groups attached to an aromatic ring is 1. The van der Waals surface area contributed by atoms with E-state index in [9.17, 15) is 4.21 Å². The Hall–Kier alpha value is -2.47. The average molecular weight is 347 g/mol. The standard InChI is InChI=1S/C18H21NO4S/c1-21-15-8-13(9-16(11-15)22-2)6-7-24(20)12-14-4-5-18(23-3)17(19)10-14/h4-11H,12,19H2,1-3H3/b7-6+. The summed E-state index contributed by atoms with van der Waals surface area (Å²) >= 11 is 0. The summed E-state index contributed by atoms with van der Waals surface area (Å²) in [5, 5.41) is 1.65. The molecule has 0 radical (unpaired) electrons. The van der Waals surface area contributed by atoms with E-state index in [0.717, 1.165) is 11.1 Å². The molecule has 0 heterocycles. The first-order valence-electron chi connectivity index (χ1n) is 7.26.